The quantitative estimate of drug-likeness (QED) is 0.506. The molecule has 1 atom stereocenters. The fraction of sp³-hybridized carbons (Fsp3) is 0.320. The maximum atomic E-state index is 14.2. The number of rotatable bonds is 4. The van der Waals surface area contributed by atoms with E-state index in [-0.39, 0.29) is 17.8 Å². The first-order valence-electron chi connectivity index (χ1n) is 11.5. The number of aromatic nitrogens is 4. The lowest BCUT2D eigenvalue weighted by molar-refractivity contribution is -0.00418. The summed E-state index contributed by atoms with van der Waals surface area (Å²) in [5.74, 6) is -0.207. The van der Waals surface area contributed by atoms with Gasteiger partial charge in [0.05, 0.1) is 18.8 Å². The zero-order valence-electron chi connectivity index (χ0n) is 18.7. The van der Waals surface area contributed by atoms with E-state index in [0.717, 1.165) is 35.4 Å². The van der Waals surface area contributed by atoms with E-state index in [0.29, 0.717) is 43.9 Å². The Hall–Kier alpha value is -3.56. The summed E-state index contributed by atoms with van der Waals surface area (Å²) >= 11 is 0. The molecule has 8 nitrogen and oxygen atoms in total. The molecule has 2 aromatic carbocycles. The number of hydrogen-bond acceptors (Lipinski definition) is 5. The minimum atomic E-state index is -0.372. The molecule has 4 heterocycles. The molecule has 1 fully saturated rings. The van der Waals surface area contributed by atoms with Crippen LogP contribution in [0.2, 0.25) is 0 Å². The fourth-order valence-electron chi connectivity index (χ4n) is 4.79. The number of hydrogen-bond donors (Lipinski definition) is 1. The highest BCUT2D eigenvalue weighted by Gasteiger charge is 2.28. The summed E-state index contributed by atoms with van der Waals surface area (Å²) in [5, 5.41) is 9.78. The van der Waals surface area contributed by atoms with Crippen LogP contribution >= 0.6 is 0 Å². The minimum Gasteiger partial charge on any atom is -0.365 e. The van der Waals surface area contributed by atoms with E-state index in [4.69, 9.17) is 4.74 Å². The second-order valence-electron chi connectivity index (χ2n) is 8.83. The van der Waals surface area contributed by atoms with Crippen LogP contribution in [0.25, 0.3) is 10.9 Å². The molecule has 4 aromatic rings. The van der Waals surface area contributed by atoms with Gasteiger partial charge in [0, 0.05) is 55.6 Å². The second kappa shape index (κ2) is 8.66. The van der Waals surface area contributed by atoms with Crippen LogP contribution in [0.4, 0.5) is 4.39 Å². The molecule has 0 aliphatic carbocycles. The summed E-state index contributed by atoms with van der Waals surface area (Å²) in [5.41, 5.74) is 4.04. The molecule has 0 radical (unpaired) electrons. The highest BCUT2D eigenvalue weighted by Crippen LogP contribution is 2.29. The zero-order valence-corrected chi connectivity index (χ0v) is 18.7. The van der Waals surface area contributed by atoms with Crippen molar-refractivity contribution in [2.75, 3.05) is 26.2 Å². The van der Waals surface area contributed by atoms with Crippen molar-refractivity contribution < 1.29 is 13.9 Å². The van der Waals surface area contributed by atoms with Crippen molar-refractivity contribution in [3.05, 3.63) is 83.1 Å². The molecule has 0 saturated carbocycles. The summed E-state index contributed by atoms with van der Waals surface area (Å²) in [7, 11) is 0. The molecule has 0 spiro atoms. The highest BCUT2D eigenvalue weighted by atomic mass is 19.1. The van der Waals surface area contributed by atoms with Gasteiger partial charge in [-0.2, -0.15) is 0 Å². The lowest BCUT2D eigenvalue weighted by atomic mass is 10.1. The number of H-pyrrole nitrogens is 1. The SMILES string of the molecule is O=C(c1ccc2cc[nH]c2c1)N1CCN(Cc2nnn3c2CO[C@H](c2ccccc2F)C3)CC1. The Labute approximate surface area is 195 Å². The summed E-state index contributed by atoms with van der Waals surface area (Å²) in [4.78, 5) is 20.3. The Bertz CT molecular complexity index is 1340. The third-order valence-corrected chi connectivity index (χ3v) is 6.77. The van der Waals surface area contributed by atoms with Gasteiger partial charge in [-0.25, -0.2) is 9.07 Å². The van der Waals surface area contributed by atoms with Gasteiger partial charge in [0.1, 0.15) is 17.6 Å². The van der Waals surface area contributed by atoms with E-state index in [2.05, 4.69) is 20.2 Å². The Morgan fingerprint density at radius 1 is 1.12 bits per heavy atom. The normalized spacial score (nSPS) is 18.9. The molecule has 9 heteroatoms. The summed E-state index contributed by atoms with van der Waals surface area (Å²) in [6.45, 7) is 4.30. The molecular weight excluding hydrogens is 435 g/mol. The molecule has 174 valence electrons. The standard InChI is InChI=1S/C25H25FN6O2/c26-20-4-2-1-3-19(20)24-15-32-23(16-34-24)22(28-29-32)14-30-9-11-31(12-10-30)25(33)18-6-5-17-7-8-27-21(17)13-18/h1-8,13,24,27H,9-12,14-16H2/t24-/m0/s1. The van der Waals surface area contributed by atoms with E-state index < -0.39 is 0 Å². The van der Waals surface area contributed by atoms with Crippen LogP contribution in [0.5, 0.6) is 0 Å². The molecule has 0 bridgehead atoms. The average Bonchev–Trinajstić information content (AvgIpc) is 3.50. The fourth-order valence-corrected chi connectivity index (χ4v) is 4.79. The largest absolute Gasteiger partial charge is 0.365 e. The third kappa shape index (κ3) is 3.86. The van der Waals surface area contributed by atoms with E-state index in [1.807, 2.05) is 46.1 Å². The Kier molecular flexibility index (Phi) is 5.35. The zero-order chi connectivity index (χ0) is 23.1. The van der Waals surface area contributed by atoms with Crippen LogP contribution in [0, 0.1) is 5.82 Å². The average molecular weight is 461 g/mol. The van der Waals surface area contributed by atoms with Crippen LogP contribution < -0.4 is 0 Å². The number of aromatic amines is 1. The Morgan fingerprint density at radius 3 is 2.82 bits per heavy atom. The topological polar surface area (TPSA) is 79.3 Å². The number of fused-ring (bicyclic) bond motifs is 2. The number of ether oxygens (including phenoxy) is 1. The molecule has 1 amide bonds. The number of halogens is 1. The maximum Gasteiger partial charge on any atom is 0.254 e. The van der Waals surface area contributed by atoms with Crippen molar-refractivity contribution in [2.45, 2.75) is 25.8 Å². The molecule has 6 rings (SSSR count). The number of piperazine rings is 1. The van der Waals surface area contributed by atoms with Gasteiger partial charge >= 0.3 is 0 Å². The van der Waals surface area contributed by atoms with Crippen molar-refractivity contribution in [3.63, 3.8) is 0 Å². The summed E-state index contributed by atoms with van der Waals surface area (Å²) in [6, 6.07) is 14.5. The Balaban J connectivity index is 1.07. The molecule has 2 aromatic heterocycles. The van der Waals surface area contributed by atoms with Crippen LogP contribution in [-0.4, -0.2) is 61.9 Å². The van der Waals surface area contributed by atoms with Crippen molar-refractivity contribution in [3.8, 4) is 0 Å². The minimum absolute atomic E-state index is 0.0600. The molecule has 0 unspecified atom stereocenters. The lowest BCUT2D eigenvalue weighted by Crippen LogP contribution is -2.48. The number of amides is 1. The molecule has 2 aliphatic rings. The first-order valence-corrected chi connectivity index (χ1v) is 11.5. The van der Waals surface area contributed by atoms with Crippen LogP contribution in [-0.2, 0) is 24.4 Å². The number of carbonyl (C=O) groups is 1. The summed E-state index contributed by atoms with van der Waals surface area (Å²) < 4.78 is 21.9. The van der Waals surface area contributed by atoms with Crippen LogP contribution in [0.1, 0.15) is 33.4 Å². The van der Waals surface area contributed by atoms with Gasteiger partial charge in [0.25, 0.3) is 5.91 Å². The number of benzene rings is 2. The lowest BCUT2D eigenvalue weighted by Gasteiger charge is -2.34. The number of nitrogens with one attached hydrogen (secondary N) is 1. The highest BCUT2D eigenvalue weighted by molar-refractivity contribution is 5.98. The van der Waals surface area contributed by atoms with Crippen LogP contribution in [0.15, 0.2) is 54.7 Å². The van der Waals surface area contributed by atoms with Gasteiger partial charge in [-0.3, -0.25) is 9.69 Å². The predicted octanol–water partition coefficient (Wildman–Crippen LogP) is 3.13. The van der Waals surface area contributed by atoms with Gasteiger partial charge in [0.2, 0.25) is 0 Å². The first-order chi connectivity index (χ1) is 16.7. The van der Waals surface area contributed by atoms with Gasteiger partial charge in [-0.1, -0.05) is 29.5 Å². The van der Waals surface area contributed by atoms with Gasteiger partial charge < -0.3 is 14.6 Å². The first kappa shape index (κ1) is 21.0. The second-order valence-corrected chi connectivity index (χ2v) is 8.83. The van der Waals surface area contributed by atoms with E-state index in [1.54, 1.807) is 12.1 Å². The van der Waals surface area contributed by atoms with Crippen LogP contribution in [0.3, 0.4) is 0 Å². The van der Waals surface area contributed by atoms with Crippen molar-refractivity contribution in [1.29, 1.82) is 0 Å². The van der Waals surface area contributed by atoms with E-state index in [9.17, 15) is 9.18 Å². The van der Waals surface area contributed by atoms with E-state index >= 15 is 0 Å². The van der Waals surface area contributed by atoms with Crippen molar-refractivity contribution >= 4 is 16.8 Å². The molecule has 2 aliphatic heterocycles. The van der Waals surface area contributed by atoms with Crippen molar-refractivity contribution in [2.24, 2.45) is 0 Å². The molecule has 1 saturated heterocycles. The third-order valence-electron chi connectivity index (χ3n) is 6.77. The monoisotopic (exact) mass is 460 g/mol. The summed E-state index contributed by atoms with van der Waals surface area (Å²) in [6.07, 6.45) is 1.51. The molecule has 34 heavy (non-hydrogen) atoms. The number of carbonyl (C=O) groups excluding carboxylic acids is 1. The van der Waals surface area contributed by atoms with Gasteiger partial charge in [-0.15, -0.1) is 5.10 Å². The Morgan fingerprint density at radius 2 is 1.97 bits per heavy atom. The number of nitrogens with zero attached hydrogens (tertiary/aromatic N) is 5. The maximum absolute atomic E-state index is 14.2. The van der Waals surface area contributed by atoms with Crippen molar-refractivity contribution in [1.82, 2.24) is 29.8 Å². The molecule has 1 N–H and O–H groups in total. The smallest absolute Gasteiger partial charge is 0.254 e. The van der Waals surface area contributed by atoms with Gasteiger partial charge in [-0.05, 0) is 29.7 Å². The predicted molar refractivity (Wildman–Crippen MR) is 123 cm³/mol. The molecular formula is C25H25FN6O2. The van der Waals surface area contributed by atoms with E-state index in [1.165, 1.54) is 6.07 Å². The van der Waals surface area contributed by atoms with Gasteiger partial charge in [0.15, 0.2) is 0 Å².